The molecule has 1 fully saturated rings. The molecule has 0 bridgehead atoms. The Morgan fingerprint density at radius 2 is 1.95 bits per heavy atom. The van der Waals surface area contributed by atoms with E-state index in [1.165, 1.54) is 0 Å². The van der Waals surface area contributed by atoms with Crippen molar-refractivity contribution in [1.29, 1.82) is 0 Å². The molecule has 1 N–H and O–H groups in total. The molecule has 2 atom stereocenters. The Kier molecular flexibility index (Phi) is 5.13. The monoisotopic (exact) mass is 375 g/mol. The molecule has 0 radical (unpaired) electrons. The molecule has 1 saturated carbocycles. The van der Waals surface area contributed by atoms with Gasteiger partial charge in [-0.3, -0.25) is 0 Å². The minimum Gasteiger partial charge on any atom is -0.378 e. The lowest BCUT2D eigenvalue weighted by molar-refractivity contribution is -0.108. The van der Waals surface area contributed by atoms with Crippen LogP contribution in [0.1, 0.15) is 32.8 Å². The quantitative estimate of drug-likeness (QED) is 0.777. The Labute approximate surface area is 135 Å². The maximum Gasteiger partial charge on any atom is 0.240 e. The fraction of sp³-hybridized carbons (Fsp3) is 0.600. The third kappa shape index (κ3) is 3.50. The minimum absolute atomic E-state index is 0.0881. The molecule has 0 aromatic heterocycles. The molecule has 118 valence electrons. The van der Waals surface area contributed by atoms with Crippen LogP contribution in [0.3, 0.4) is 0 Å². The number of ether oxygens (including phenoxy) is 1. The second-order valence-corrected chi connectivity index (χ2v) is 8.23. The van der Waals surface area contributed by atoms with E-state index in [2.05, 4.69) is 20.7 Å². The first-order valence-corrected chi connectivity index (χ1v) is 9.70. The van der Waals surface area contributed by atoms with Crippen LogP contribution in [-0.4, -0.2) is 27.2 Å². The maximum absolute atomic E-state index is 12.4. The van der Waals surface area contributed by atoms with Gasteiger partial charge < -0.3 is 4.74 Å². The lowest BCUT2D eigenvalue weighted by Gasteiger charge is -2.51. The van der Waals surface area contributed by atoms with Gasteiger partial charge in [0.1, 0.15) is 0 Å². The Morgan fingerprint density at radius 1 is 1.33 bits per heavy atom. The summed E-state index contributed by atoms with van der Waals surface area (Å²) in [6, 6.07) is 6.83. The fourth-order valence-corrected chi connectivity index (χ4v) is 4.36. The maximum atomic E-state index is 12.4. The van der Waals surface area contributed by atoms with Crippen LogP contribution < -0.4 is 4.72 Å². The van der Waals surface area contributed by atoms with Crippen molar-refractivity contribution in [1.82, 2.24) is 4.72 Å². The summed E-state index contributed by atoms with van der Waals surface area (Å²) < 4.78 is 33.3. The molecule has 2 rings (SSSR count). The van der Waals surface area contributed by atoms with Crippen LogP contribution in [0.15, 0.2) is 29.2 Å². The van der Waals surface area contributed by atoms with Crippen LogP contribution in [0, 0.1) is 5.41 Å². The molecule has 6 heteroatoms. The highest BCUT2D eigenvalue weighted by molar-refractivity contribution is 9.08. The highest BCUT2D eigenvalue weighted by Crippen LogP contribution is 2.43. The molecule has 0 amide bonds. The van der Waals surface area contributed by atoms with Crippen molar-refractivity contribution in [2.45, 2.75) is 49.6 Å². The number of hydrogen-bond donors (Lipinski definition) is 1. The van der Waals surface area contributed by atoms with Crippen molar-refractivity contribution in [2.75, 3.05) is 6.61 Å². The summed E-state index contributed by atoms with van der Waals surface area (Å²) in [5.74, 6) is 0. The van der Waals surface area contributed by atoms with E-state index in [0.29, 0.717) is 16.8 Å². The molecule has 4 nitrogen and oxygen atoms in total. The molecule has 21 heavy (non-hydrogen) atoms. The first-order chi connectivity index (χ1) is 9.81. The van der Waals surface area contributed by atoms with E-state index < -0.39 is 10.0 Å². The van der Waals surface area contributed by atoms with E-state index in [0.717, 1.165) is 12.0 Å². The van der Waals surface area contributed by atoms with E-state index in [9.17, 15) is 8.42 Å². The zero-order valence-corrected chi connectivity index (χ0v) is 15.0. The lowest BCUT2D eigenvalue weighted by Crippen LogP contribution is -2.61. The Hall–Kier alpha value is -0.430. The number of rotatable bonds is 6. The highest BCUT2D eigenvalue weighted by Gasteiger charge is 2.50. The third-order valence-electron chi connectivity index (χ3n) is 4.23. The van der Waals surface area contributed by atoms with E-state index in [1.54, 1.807) is 12.1 Å². The summed E-state index contributed by atoms with van der Waals surface area (Å²) >= 11 is 3.35. The number of sulfonamides is 1. The van der Waals surface area contributed by atoms with Crippen molar-refractivity contribution in [2.24, 2.45) is 5.41 Å². The second-order valence-electron chi connectivity index (χ2n) is 5.95. The van der Waals surface area contributed by atoms with Gasteiger partial charge >= 0.3 is 0 Å². The summed E-state index contributed by atoms with van der Waals surface area (Å²) in [7, 11) is -3.48. The van der Waals surface area contributed by atoms with Gasteiger partial charge in [-0.1, -0.05) is 41.9 Å². The standard InChI is InChI=1S/C15H22BrNO3S/c1-4-20-14-9-13(15(14,2)3)17-21(18,19)12-7-5-11(10-16)6-8-12/h5-8,13-14,17H,4,9-10H2,1-3H3. The molecule has 0 spiro atoms. The third-order valence-corrected chi connectivity index (χ3v) is 6.37. The van der Waals surface area contributed by atoms with Gasteiger partial charge in [-0.2, -0.15) is 0 Å². The SMILES string of the molecule is CCOC1CC(NS(=O)(=O)c2ccc(CBr)cc2)C1(C)C. The van der Waals surface area contributed by atoms with Crippen LogP contribution in [-0.2, 0) is 20.1 Å². The Bertz CT molecular complexity index is 583. The lowest BCUT2D eigenvalue weighted by atomic mass is 9.65. The first-order valence-electron chi connectivity index (χ1n) is 7.10. The molecule has 0 saturated heterocycles. The predicted molar refractivity (Wildman–Crippen MR) is 87.0 cm³/mol. The van der Waals surface area contributed by atoms with Crippen LogP contribution in [0.2, 0.25) is 0 Å². The molecular formula is C15H22BrNO3S. The predicted octanol–water partition coefficient (Wildman–Crippen LogP) is 3.06. The van der Waals surface area contributed by atoms with Crippen LogP contribution in [0.25, 0.3) is 0 Å². The summed E-state index contributed by atoms with van der Waals surface area (Å²) in [5.41, 5.74) is 0.869. The molecule has 0 aliphatic heterocycles. The number of alkyl halides is 1. The van der Waals surface area contributed by atoms with Crippen molar-refractivity contribution >= 4 is 26.0 Å². The summed E-state index contributed by atoms with van der Waals surface area (Å²) in [4.78, 5) is 0.308. The Balaban J connectivity index is 2.08. The number of nitrogens with one attached hydrogen (secondary N) is 1. The normalized spacial score (nSPS) is 24.6. The van der Waals surface area contributed by atoms with Crippen molar-refractivity contribution in [3.8, 4) is 0 Å². The number of halogens is 1. The van der Waals surface area contributed by atoms with Gasteiger partial charge in [-0.25, -0.2) is 13.1 Å². The van der Waals surface area contributed by atoms with Gasteiger partial charge in [-0.15, -0.1) is 0 Å². The van der Waals surface area contributed by atoms with E-state index >= 15 is 0 Å². The number of benzene rings is 1. The van der Waals surface area contributed by atoms with Crippen molar-refractivity contribution < 1.29 is 13.2 Å². The fourth-order valence-electron chi connectivity index (χ4n) is 2.58. The molecule has 2 unspecified atom stereocenters. The minimum atomic E-state index is -3.48. The smallest absolute Gasteiger partial charge is 0.240 e. The molecular weight excluding hydrogens is 354 g/mol. The molecule has 1 aliphatic rings. The largest absolute Gasteiger partial charge is 0.378 e. The first kappa shape index (κ1) is 16.9. The topological polar surface area (TPSA) is 55.4 Å². The van der Waals surface area contributed by atoms with Gasteiger partial charge in [0, 0.05) is 23.4 Å². The number of hydrogen-bond acceptors (Lipinski definition) is 3. The molecule has 1 aromatic carbocycles. The molecule has 0 heterocycles. The zero-order chi connectivity index (χ0) is 15.7. The zero-order valence-electron chi connectivity index (χ0n) is 12.6. The van der Waals surface area contributed by atoms with Crippen LogP contribution >= 0.6 is 15.9 Å². The van der Waals surface area contributed by atoms with Crippen molar-refractivity contribution in [3.05, 3.63) is 29.8 Å². The average molecular weight is 376 g/mol. The van der Waals surface area contributed by atoms with Gasteiger partial charge in [0.05, 0.1) is 11.0 Å². The van der Waals surface area contributed by atoms with E-state index in [-0.39, 0.29) is 17.6 Å². The highest BCUT2D eigenvalue weighted by atomic mass is 79.9. The van der Waals surface area contributed by atoms with Gasteiger partial charge in [0.15, 0.2) is 0 Å². The van der Waals surface area contributed by atoms with Gasteiger partial charge in [0.25, 0.3) is 0 Å². The average Bonchev–Trinajstić information content (AvgIpc) is 2.46. The molecule has 1 aromatic rings. The summed E-state index contributed by atoms with van der Waals surface area (Å²) in [5, 5.41) is 0.715. The van der Waals surface area contributed by atoms with Crippen LogP contribution in [0.4, 0.5) is 0 Å². The second kappa shape index (κ2) is 6.36. The van der Waals surface area contributed by atoms with Gasteiger partial charge in [-0.05, 0) is 31.0 Å². The summed E-state index contributed by atoms with van der Waals surface area (Å²) in [6.07, 6.45) is 0.838. The van der Waals surface area contributed by atoms with E-state index in [1.807, 2.05) is 32.9 Å². The van der Waals surface area contributed by atoms with Crippen molar-refractivity contribution in [3.63, 3.8) is 0 Å². The van der Waals surface area contributed by atoms with Crippen LogP contribution in [0.5, 0.6) is 0 Å². The summed E-state index contributed by atoms with van der Waals surface area (Å²) in [6.45, 7) is 6.69. The van der Waals surface area contributed by atoms with Gasteiger partial charge in [0.2, 0.25) is 10.0 Å². The Morgan fingerprint density at radius 3 is 2.43 bits per heavy atom. The van der Waals surface area contributed by atoms with E-state index in [4.69, 9.17) is 4.74 Å². The molecule has 1 aliphatic carbocycles.